The van der Waals surface area contributed by atoms with Crippen LogP contribution in [0.2, 0.25) is 0 Å². The van der Waals surface area contributed by atoms with Crippen LogP contribution in [-0.2, 0) is 4.79 Å². The van der Waals surface area contributed by atoms with Gasteiger partial charge in [-0.3, -0.25) is 14.9 Å². The molecule has 0 atom stereocenters. The Morgan fingerprint density at radius 1 is 1.33 bits per heavy atom. The standard InChI is InChI=1S/C13H12N4O3S/c1-8(18)15-9-2-4-11(5-3-9)21-13-7-10(17(19)20)6-12(14)16-13/h2-7H,1H3,(H2,14,16)(H,15,18). The Hall–Kier alpha value is -2.61. The molecule has 1 aromatic heterocycles. The van der Waals surface area contributed by atoms with Crippen LogP contribution in [-0.4, -0.2) is 15.8 Å². The molecule has 0 bridgehead atoms. The minimum atomic E-state index is -0.512. The van der Waals surface area contributed by atoms with E-state index in [1.165, 1.54) is 30.8 Å². The number of aromatic nitrogens is 1. The summed E-state index contributed by atoms with van der Waals surface area (Å²) in [5.41, 5.74) is 6.14. The van der Waals surface area contributed by atoms with Crippen molar-refractivity contribution in [1.29, 1.82) is 0 Å². The summed E-state index contributed by atoms with van der Waals surface area (Å²) in [7, 11) is 0. The van der Waals surface area contributed by atoms with Gasteiger partial charge in [-0.2, -0.15) is 0 Å². The number of benzene rings is 1. The highest BCUT2D eigenvalue weighted by Gasteiger charge is 2.10. The molecule has 0 unspecified atom stereocenters. The van der Waals surface area contributed by atoms with Crippen molar-refractivity contribution < 1.29 is 9.72 Å². The second kappa shape index (κ2) is 6.23. The fourth-order valence-electron chi connectivity index (χ4n) is 1.60. The van der Waals surface area contributed by atoms with E-state index in [-0.39, 0.29) is 17.4 Å². The van der Waals surface area contributed by atoms with Crippen LogP contribution in [0.5, 0.6) is 0 Å². The molecule has 7 nitrogen and oxygen atoms in total. The number of carbonyl (C=O) groups excluding carboxylic acids is 1. The van der Waals surface area contributed by atoms with Crippen LogP contribution in [0.3, 0.4) is 0 Å². The van der Waals surface area contributed by atoms with Crippen LogP contribution < -0.4 is 11.1 Å². The van der Waals surface area contributed by atoms with Gasteiger partial charge in [-0.25, -0.2) is 4.98 Å². The van der Waals surface area contributed by atoms with Crippen molar-refractivity contribution in [2.75, 3.05) is 11.1 Å². The second-order valence-electron chi connectivity index (χ2n) is 4.15. The lowest BCUT2D eigenvalue weighted by molar-refractivity contribution is -0.385. The van der Waals surface area contributed by atoms with Gasteiger partial charge in [-0.05, 0) is 24.3 Å². The smallest absolute Gasteiger partial charge is 0.275 e. The maximum absolute atomic E-state index is 10.9. The average Bonchev–Trinajstić information content (AvgIpc) is 2.39. The molecule has 0 aliphatic heterocycles. The van der Waals surface area contributed by atoms with E-state index in [4.69, 9.17) is 5.73 Å². The highest BCUT2D eigenvalue weighted by atomic mass is 32.2. The monoisotopic (exact) mass is 304 g/mol. The number of carbonyl (C=O) groups is 1. The minimum Gasteiger partial charge on any atom is -0.383 e. The summed E-state index contributed by atoms with van der Waals surface area (Å²) in [6.45, 7) is 1.43. The van der Waals surface area contributed by atoms with Crippen molar-refractivity contribution in [2.45, 2.75) is 16.8 Å². The maximum Gasteiger partial charge on any atom is 0.275 e. The Kier molecular flexibility index (Phi) is 4.39. The lowest BCUT2D eigenvalue weighted by Crippen LogP contribution is -2.05. The number of pyridine rings is 1. The molecule has 1 amide bonds. The summed E-state index contributed by atoms with van der Waals surface area (Å²) >= 11 is 1.25. The molecular weight excluding hydrogens is 292 g/mol. The number of hydrogen-bond donors (Lipinski definition) is 2. The van der Waals surface area contributed by atoms with Gasteiger partial charge in [0.15, 0.2) is 0 Å². The quantitative estimate of drug-likeness (QED) is 0.663. The normalized spacial score (nSPS) is 10.1. The first kappa shape index (κ1) is 14.8. The third kappa shape index (κ3) is 4.18. The number of rotatable bonds is 4. The number of hydrogen-bond acceptors (Lipinski definition) is 6. The molecule has 108 valence electrons. The third-order valence-corrected chi connectivity index (χ3v) is 3.34. The van der Waals surface area contributed by atoms with E-state index in [1.54, 1.807) is 24.3 Å². The summed E-state index contributed by atoms with van der Waals surface area (Å²) in [5.74, 6) is -0.0508. The number of nitro groups is 1. The van der Waals surface area contributed by atoms with Crippen molar-refractivity contribution >= 4 is 34.9 Å². The lowest BCUT2D eigenvalue weighted by atomic mass is 10.3. The zero-order chi connectivity index (χ0) is 15.4. The Balaban J connectivity index is 2.18. The van der Waals surface area contributed by atoms with Crippen LogP contribution in [0, 0.1) is 10.1 Å². The number of nitrogen functional groups attached to an aromatic ring is 1. The van der Waals surface area contributed by atoms with Gasteiger partial charge >= 0.3 is 0 Å². The van der Waals surface area contributed by atoms with Crippen molar-refractivity contribution in [3.63, 3.8) is 0 Å². The fraction of sp³-hybridized carbons (Fsp3) is 0.0769. The van der Waals surface area contributed by atoms with Crippen molar-refractivity contribution in [2.24, 2.45) is 0 Å². The lowest BCUT2D eigenvalue weighted by Gasteiger charge is -2.05. The van der Waals surface area contributed by atoms with E-state index in [9.17, 15) is 14.9 Å². The van der Waals surface area contributed by atoms with Gasteiger partial charge < -0.3 is 11.1 Å². The van der Waals surface area contributed by atoms with Gasteiger partial charge in [-0.15, -0.1) is 0 Å². The Morgan fingerprint density at radius 3 is 2.57 bits per heavy atom. The summed E-state index contributed by atoms with van der Waals surface area (Å²) in [6.07, 6.45) is 0. The molecule has 2 aromatic rings. The van der Waals surface area contributed by atoms with Crippen LogP contribution >= 0.6 is 11.8 Å². The summed E-state index contributed by atoms with van der Waals surface area (Å²) in [4.78, 5) is 26.1. The molecule has 1 aromatic carbocycles. The summed E-state index contributed by atoms with van der Waals surface area (Å²) < 4.78 is 0. The van der Waals surface area contributed by atoms with Crippen molar-refractivity contribution in [3.8, 4) is 0 Å². The second-order valence-corrected chi connectivity index (χ2v) is 5.25. The largest absolute Gasteiger partial charge is 0.383 e. The van der Waals surface area contributed by atoms with E-state index in [0.717, 1.165) is 4.90 Å². The summed E-state index contributed by atoms with van der Waals surface area (Å²) in [6, 6.07) is 9.63. The molecule has 0 fully saturated rings. The zero-order valence-electron chi connectivity index (χ0n) is 11.1. The highest BCUT2D eigenvalue weighted by molar-refractivity contribution is 7.99. The molecule has 0 aliphatic carbocycles. The predicted octanol–water partition coefficient (Wildman–Crippen LogP) is 2.68. The first-order valence-electron chi connectivity index (χ1n) is 5.91. The van der Waals surface area contributed by atoms with Gasteiger partial charge in [0.05, 0.1) is 11.0 Å². The Bertz CT molecular complexity index is 688. The maximum atomic E-state index is 10.9. The van der Waals surface area contributed by atoms with Crippen LogP contribution in [0.4, 0.5) is 17.2 Å². The predicted molar refractivity (Wildman–Crippen MR) is 80.2 cm³/mol. The number of anilines is 2. The van der Waals surface area contributed by atoms with Crippen molar-refractivity contribution in [3.05, 3.63) is 46.5 Å². The minimum absolute atomic E-state index is 0.0973. The fourth-order valence-corrected chi connectivity index (χ4v) is 2.44. The molecule has 2 rings (SSSR count). The van der Waals surface area contributed by atoms with E-state index in [2.05, 4.69) is 10.3 Å². The van der Waals surface area contributed by atoms with E-state index < -0.39 is 4.92 Å². The molecule has 0 saturated heterocycles. The third-order valence-electron chi connectivity index (χ3n) is 2.41. The molecule has 1 heterocycles. The summed E-state index contributed by atoms with van der Waals surface area (Å²) in [5, 5.41) is 13.9. The van der Waals surface area contributed by atoms with Gasteiger partial charge in [-0.1, -0.05) is 11.8 Å². The van der Waals surface area contributed by atoms with Crippen LogP contribution in [0.25, 0.3) is 0 Å². The van der Waals surface area contributed by atoms with Crippen LogP contribution in [0.15, 0.2) is 46.3 Å². The van der Waals surface area contributed by atoms with E-state index >= 15 is 0 Å². The van der Waals surface area contributed by atoms with Crippen molar-refractivity contribution in [1.82, 2.24) is 4.98 Å². The van der Waals surface area contributed by atoms with Gasteiger partial charge in [0.25, 0.3) is 5.69 Å². The first-order chi connectivity index (χ1) is 9.94. The number of nitrogens with one attached hydrogen (secondary N) is 1. The van der Waals surface area contributed by atoms with E-state index in [0.29, 0.717) is 10.7 Å². The zero-order valence-corrected chi connectivity index (χ0v) is 11.9. The molecule has 0 spiro atoms. The first-order valence-corrected chi connectivity index (χ1v) is 6.73. The van der Waals surface area contributed by atoms with Gasteiger partial charge in [0, 0.05) is 23.6 Å². The molecule has 0 aliphatic rings. The SMILES string of the molecule is CC(=O)Nc1ccc(Sc2cc([N+](=O)[O-])cc(N)n2)cc1. The number of nitrogens with zero attached hydrogens (tertiary/aromatic N) is 2. The Labute approximate surface area is 124 Å². The molecular formula is C13H12N4O3S. The topological polar surface area (TPSA) is 111 Å². The number of amides is 1. The molecule has 21 heavy (non-hydrogen) atoms. The Morgan fingerprint density at radius 2 is 2.00 bits per heavy atom. The highest BCUT2D eigenvalue weighted by Crippen LogP contribution is 2.30. The van der Waals surface area contributed by atoms with Gasteiger partial charge in [0.2, 0.25) is 5.91 Å². The van der Waals surface area contributed by atoms with Gasteiger partial charge in [0.1, 0.15) is 10.8 Å². The molecule has 0 saturated carbocycles. The average molecular weight is 304 g/mol. The van der Waals surface area contributed by atoms with Crippen LogP contribution in [0.1, 0.15) is 6.92 Å². The number of nitrogens with two attached hydrogens (primary N) is 1. The van der Waals surface area contributed by atoms with E-state index in [1.807, 2.05) is 0 Å². The molecule has 8 heteroatoms. The molecule has 0 radical (unpaired) electrons. The molecule has 3 N–H and O–H groups in total.